The van der Waals surface area contributed by atoms with Gasteiger partial charge in [-0.15, -0.1) is 0 Å². The molecule has 1 amide bonds. The van der Waals surface area contributed by atoms with E-state index in [2.05, 4.69) is 10.0 Å². The highest BCUT2D eigenvalue weighted by molar-refractivity contribution is 7.92. The van der Waals surface area contributed by atoms with Crippen molar-refractivity contribution in [1.29, 1.82) is 0 Å². The zero-order chi connectivity index (χ0) is 18.2. The number of carboxylic acid groups (broad SMARTS) is 1. The van der Waals surface area contributed by atoms with Crippen molar-refractivity contribution >= 4 is 27.6 Å². The number of hydrogen-bond acceptors (Lipinski definition) is 4. The lowest BCUT2D eigenvalue weighted by Gasteiger charge is -2.15. The molecular formula is C16H24N2O5S. The predicted molar refractivity (Wildman–Crippen MR) is 92.6 cm³/mol. The summed E-state index contributed by atoms with van der Waals surface area (Å²) in [4.78, 5) is 23.5. The molecule has 24 heavy (non-hydrogen) atoms. The quantitative estimate of drug-likeness (QED) is 0.556. The van der Waals surface area contributed by atoms with Crippen LogP contribution in [0.4, 0.5) is 5.69 Å². The third-order valence-corrected chi connectivity index (χ3v) is 4.78. The molecule has 8 heteroatoms. The topological polar surface area (TPSA) is 113 Å². The van der Waals surface area contributed by atoms with Crippen molar-refractivity contribution in [3.63, 3.8) is 0 Å². The van der Waals surface area contributed by atoms with E-state index in [1.54, 1.807) is 0 Å². The molecule has 0 unspecified atom stereocenters. The Kier molecular flexibility index (Phi) is 7.70. The number of nitrogens with one attached hydrogen (secondary N) is 2. The Hall–Kier alpha value is -2.09. The summed E-state index contributed by atoms with van der Waals surface area (Å²) in [6.07, 6.45) is 2.93. The maximum Gasteiger partial charge on any atom is 0.326 e. The van der Waals surface area contributed by atoms with Crippen molar-refractivity contribution in [2.75, 3.05) is 10.5 Å². The van der Waals surface area contributed by atoms with Gasteiger partial charge in [-0.25, -0.2) is 13.2 Å². The van der Waals surface area contributed by atoms with Crippen molar-refractivity contribution in [3.05, 3.63) is 29.8 Å². The second kappa shape index (κ2) is 9.27. The van der Waals surface area contributed by atoms with Crippen molar-refractivity contribution < 1.29 is 23.1 Å². The van der Waals surface area contributed by atoms with E-state index in [4.69, 9.17) is 0 Å². The minimum absolute atomic E-state index is 0.0814. The number of anilines is 1. The zero-order valence-electron chi connectivity index (χ0n) is 13.9. The predicted octanol–water partition coefficient (Wildman–Crippen LogP) is 2.21. The summed E-state index contributed by atoms with van der Waals surface area (Å²) in [6, 6.07) is 4.99. The number of carbonyl (C=O) groups excluding carboxylic acids is 1. The number of aliphatic carboxylic acids is 1. The molecule has 1 aromatic rings. The number of sulfonamides is 1. The minimum atomic E-state index is -3.44. The van der Waals surface area contributed by atoms with Crippen LogP contribution in [-0.4, -0.2) is 37.2 Å². The third-order valence-electron chi connectivity index (χ3n) is 3.48. The smallest absolute Gasteiger partial charge is 0.326 e. The first-order chi connectivity index (χ1) is 11.3. The molecule has 0 bridgehead atoms. The van der Waals surface area contributed by atoms with Crippen LogP contribution in [0.1, 0.15) is 49.9 Å². The van der Waals surface area contributed by atoms with Crippen LogP contribution in [0.25, 0.3) is 0 Å². The van der Waals surface area contributed by atoms with E-state index in [9.17, 15) is 23.1 Å². The number of carboxylic acids is 1. The summed E-state index contributed by atoms with van der Waals surface area (Å²) in [5.41, 5.74) is 0.468. The fourth-order valence-electron chi connectivity index (χ4n) is 2.07. The lowest BCUT2D eigenvalue weighted by Crippen LogP contribution is -2.40. The van der Waals surface area contributed by atoms with Gasteiger partial charge in [0.15, 0.2) is 0 Å². The normalized spacial score (nSPS) is 12.4. The Labute approximate surface area is 142 Å². The highest BCUT2D eigenvalue weighted by Crippen LogP contribution is 2.13. The van der Waals surface area contributed by atoms with E-state index < -0.39 is 27.9 Å². The summed E-state index contributed by atoms with van der Waals surface area (Å²) >= 11 is 0. The monoisotopic (exact) mass is 356 g/mol. The molecule has 0 aliphatic heterocycles. The Morgan fingerprint density at radius 1 is 1.21 bits per heavy atom. The molecule has 134 valence electrons. The van der Waals surface area contributed by atoms with E-state index in [1.165, 1.54) is 31.2 Å². The molecule has 0 aliphatic rings. The molecule has 0 spiro atoms. The first-order valence-corrected chi connectivity index (χ1v) is 9.58. The maximum absolute atomic E-state index is 12.2. The highest BCUT2D eigenvalue weighted by Gasteiger charge is 2.20. The van der Waals surface area contributed by atoms with Crippen LogP contribution in [0.3, 0.4) is 0 Å². The summed E-state index contributed by atoms with van der Waals surface area (Å²) in [5, 5.41) is 11.7. The number of unbranched alkanes of at least 4 members (excludes halogenated alkanes) is 2. The molecule has 0 saturated carbocycles. The number of amides is 1. The molecule has 0 aliphatic carbocycles. The Bertz CT molecular complexity index is 673. The number of rotatable bonds is 10. The minimum Gasteiger partial charge on any atom is -0.480 e. The van der Waals surface area contributed by atoms with Crippen LogP contribution < -0.4 is 10.0 Å². The third kappa shape index (κ3) is 6.57. The van der Waals surface area contributed by atoms with Gasteiger partial charge in [-0.3, -0.25) is 9.52 Å². The van der Waals surface area contributed by atoms with Crippen LogP contribution in [0.15, 0.2) is 24.3 Å². The van der Waals surface area contributed by atoms with Gasteiger partial charge in [-0.1, -0.05) is 32.3 Å². The lowest BCUT2D eigenvalue weighted by molar-refractivity contribution is -0.139. The molecule has 0 heterocycles. The van der Waals surface area contributed by atoms with Gasteiger partial charge in [0.1, 0.15) is 6.04 Å². The van der Waals surface area contributed by atoms with Gasteiger partial charge >= 0.3 is 5.97 Å². The average Bonchev–Trinajstić information content (AvgIpc) is 2.53. The van der Waals surface area contributed by atoms with Crippen LogP contribution >= 0.6 is 0 Å². The van der Waals surface area contributed by atoms with Gasteiger partial charge in [0.25, 0.3) is 5.91 Å². The second-order valence-corrected chi connectivity index (χ2v) is 7.46. The number of carbonyl (C=O) groups is 2. The van der Waals surface area contributed by atoms with Crippen molar-refractivity contribution in [3.8, 4) is 0 Å². The van der Waals surface area contributed by atoms with Gasteiger partial charge in [0.05, 0.1) is 5.75 Å². The van der Waals surface area contributed by atoms with Crippen LogP contribution in [0.5, 0.6) is 0 Å². The molecular weight excluding hydrogens is 332 g/mol. The summed E-state index contributed by atoms with van der Waals surface area (Å²) in [6.45, 7) is 3.52. The Balaban J connectivity index is 2.81. The van der Waals surface area contributed by atoms with Gasteiger partial charge < -0.3 is 10.4 Å². The Morgan fingerprint density at radius 3 is 2.50 bits per heavy atom. The fourth-order valence-corrected chi connectivity index (χ4v) is 2.70. The molecule has 0 fully saturated rings. The molecule has 0 saturated heterocycles. The SMILES string of the molecule is CCCCC[C@@H](NC(=O)c1cccc(NS(=O)(=O)CC)c1)C(=O)O. The lowest BCUT2D eigenvalue weighted by atomic mass is 10.1. The van der Waals surface area contributed by atoms with E-state index in [0.29, 0.717) is 12.8 Å². The molecule has 0 aromatic heterocycles. The average molecular weight is 356 g/mol. The summed E-state index contributed by atoms with van der Waals surface area (Å²) in [7, 11) is -3.44. The molecule has 1 rings (SSSR count). The molecule has 1 aromatic carbocycles. The second-order valence-electron chi connectivity index (χ2n) is 5.45. The van der Waals surface area contributed by atoms with Gasteiger partial charge in [-0.2, -0.15) is 0 Å². The maximum atomic E-state index is 12.2. The molecule has 7 nitrogen and oxygen atoms in total. The van der Waals surface area contributed by atoms with Crippen molar-refractivity contribution in [2.45, 2.75) is 45.6 Å². The van der Waals surface area contributed by atoms with Gasteiger partial charge in [0, 0.05) is 11.3 Å². The number of hydrogen-bond donors (Lipinski definition) is 3. The summed E-state index contributed by atoms with van der Waals surface area (Å²) in [5.74, 6) is -1.71. The largest absolute Gasteiger partial charge is 0.480 e. The van der Waals surface area contributed by atoms with Crippen LogP contribution in [0.2, 0.25) is 0 Å². The van der Waals surface area contributed by atoms with E-state index in [0.717, 1.165) is 12.8 Å². The Morgan fingerprint density at radius 2 is 1.92 bits per heavy atom. The van der Waals surface area contributed by atoms with Crippen LogP contribution in [-0.2, 0) is 14.8 Å². The summed E-state index contributed by atoms with van der Waals surface area (Å²) < 4.78 is 25.5. The molecule has 0 radical (unpaired) electrons. The van der Waals surface area contributed by atoms with E-state index in [-0.39, 0.29) is 17.0 Å². The first-order valence-electron chi connectivity index (χ1n) is 7.93. The van der Waals surface area contributed by atoms with E-state index in [1.807, 2.05) is 6.92 Å². The standard InChI is InChI=1S/C16H24N2O5S/c1-3-5-6-10-14(16(20)21)17-15(19)12-8-7-9-13(11-12)18-24(22,23)4-2/h7-9,11,14,18H,3-6,10H2,1-2H3,(H,17,19)(H,20,21)/t14-/m1/s1. The van der Waals surface area contributed by atoms with Gasteiger partial charge in [0.2, 0.25) is 10.0 Å². The molecule has 1 atom stereocenters. The van der Waals surface area contributed by atoms with Crippen molar-refractivity contribution in [2.24, 2.45) is 0 Å². The fraction of sp³-hybridized carbons (Fsp3) is 0.500. The highest BCUT2D eigenvalue weighted by atomic mass is 32.2. The molecule has 3 N–H and O–H groups in total. The van der Waals surface area contributed by atoms with Crippen LogP contribution in [0, 0.1) is 0 Å². The first kappa shape index (κ1) is 20.0. The van der Waals surface area contributed by atoms with E-state index >= 15 is 0 Å². The number of benzene rings is 1. The zero-order valence-corrected chi connectivity index (χ0v) is 14.7. The van der Waals surface area contributed by atoms with Gasteiger partial charge in [-0.05, 0) is 31.5 Å². The van der Waals surface area contributed by atoms with Crippen molar-refractivity contribution in [1.82, 2.24) is 5.32 Å².